The number of hydrogen-bond acceptors (Lipinski definition) is 13. The van der Waals surface area contributed by atoms with Crippen LogP contribution in [0.3, 0.4) is 0 Å². The van der Waals surface area contributed by atoms with E-state index in [4.69, 9.17) is 18.9 Å². The Hall–Kier alpha value is -1.79. The summed E-state index contributed by atoms with van der Waals surface area (Å²) in [5, 5.41) is 86.8. The van der Waals surface area contributed by atoms with E-state index in [0.29, 0.717) is 12.8 Å². The second kappa shape index (κ2) is 46.2. The lowest BCUT2D eigenvalue weighted by Gasteiger charge is -2.46. The van der Waals surface area contributed by atoms with Gasteiger partial charge in [-0.15, -0.1) is 0 Å². The molecule has 0 aromatic rings. The van der Waals surface area contributed by atoms with Crippen LogP contribution in [0, 0.1) is 0 Å². The maximum Gasteiger partial charge on any atom is 0.220 e. The molecule has 12 atom stereocenters. The van der Waals surface area contributed by atoms with Gasteiger partial charge in [-0.3, -0.25) is 4.79 Å². The van der Waals surface area contributed by atoms with Gasteiger partial charge in [-0.1, -0.05) is 230 Å². The van der Waals surface area contributed by atoms with Crippen molar-refractivity contribution >= 4 is 5.91 Å². The van der Waals surface area contributed by atoms with Crippen LogP contribution in [0.1, 0.15) is 245 Å². The molecule has 2 fully saturated rings. The zero-order valence-corrected chi connectivity index (χ0v) is 46.6. The number of unbranched alkanes of at least 4 members (excludes halogenated alkanes) is 31. The summed E-state index contributed by atoms with van der Waals surface area (Å²) in [4.78, 5) is 13.2. The van der Waals surface area contributed by atoms with E-state index in [9.17, 15) is 45.6 Å². The number of carbonyl (C=O) groups is 1. The van der Waals surface area contributed by atoms with Crippen molar-refractivity contribution in [1.29, 1.82) is 0 Å². The van der Waals surface area contributed by atoms with E-state index >= 15 is 0 Å². The van der Waals surface area contributed by atoms with Crippen LogP contribution in [0.5, 0.6) is 0 Å². The van der Waals surface area contributed by atoms with Gasteiger partial charge in [0.25, 0.3) is 0 Å². The van der Waals surface area contributed by atoms with Crippen LogP contribution in [-0.2, 0) is 23.7 Å². The van der Waals surface area contributed by atoms with E-state index in [2.05, 4.69) is 43.5 Å². The number of allylic oxidation sites excluding steroid dienone is 5. The van der Waals surface area contributed by atoms with Crippen molar-refractivity contribution < 1.29 is 64.6 Å². The highest BCUT2D eigenvalue weighted by Gasteiger charge is 2.51. The quantitative estimate of drug-likeness (QED) is 0.0204. The van der Waals surface area contributed by atoms with Crippen molar-refractivity contribution in [2.45, 2.75) is 319 Å². The topological polar surface area (TPSA) is 228 Å². The SMILES string of the molecule is CCCCCCCCCCCCCCCCCCCCCC/C=C/CC/C=C/CC/C=C/C(O)C(COC1OC(CO)C(OC2OC(CO)C(O)C(O)C2O)C(O)C1O)NC(=O)CCCCCCCCCCCC. The molecular formula is C60H111NO13. The van der Waals surface area contributed by atoms with Crippen molar-refractivity contribution in [3.63, 3.8) is 0 Å². The number of rotatable bonds is 48. The zero-order valence-electron chi connectivity index (χ0n) is 46.6. The standard InChI is InChI=1S/C60H111NO13/c1-3-5-7-9-11-13-15-16-17-18-19-20-21-22-23-24-25-26-27-28-29-30-31-32-33-34-35-37-39-41-43-49(64)48(61-52(65)44-42-40-38-36-14-12-10-8-6-4-2)47-71-59-57(70)55(68)58(51(46-63)73-59)74-60-56(69)54(67)53(66)50(45-62)72-60/h30-31,34-35,41,43,48-51,53-60,62-64,66-70H,3-29,32-33,36-40,42,44-47H2,1-2H3,(H,61,65)/b31-30+,35-34+,43-41+. The Bertz CT molecular complexity index is 1380. The number of hydrogen-bond donors (Lipinski definition) is 9. The van der Waals surface area contributed by atoms with Crippen LogP contribution in [0.15, 0.2) is 36.5 Å². The van der Waals surface area contributed by atoms with Gasteiger partial charge in [-0.05, 0) is 44.9 Å². The van der Waals surface area contributed by atoms with Crippen LogP contribution in [0.2, 0.25) is 0 Å². The summed E-state index contributed by atoms with van der Waals surface area (Å²) in [6, 6.07) is -0.934. The average molecular weight is 1050 g/mol. The second-order valence-corrected chi connectivity index (χ2v) is 21.5. The first kappa shape index (κ1) is 68.3. The van der Waals surface area contributed by atoms with Crippen LogP contribution in [0.25, 0.3) is 0 Å². The summed E-state index contributed by atoms with van der Waals surface area (Å²) in [6.07, 6.45) is 39.4. The minimum Gasteiger partial charge on any atom is -0.394 e. The summed E-state index contributed by atoms with van der Waals surface area (Å²) in [6.45, 7) is 2.76. The molecule has 0 aromatic carbocycles. The second-order valence-electron chi connectivity index (χ2n) is 21.5. The Labute approximate surface area is 449 Å². The van der Waals surface area contributed by atoms with E-state index in [1.807, 2.05) is 6.08 Å². The normalized spacial score (nSPS) is 25.4. The molecule has 2 rings (SSSR count). The van der Waals surface area contributed by atoms with Gasteiger partial charge in [0.2, 0.25) is 5.91 Å². The maximum absolute atomic E-state index is 13.2. The Morgan fingerprint density at radius 3 is 1.32 bits per heavy atom. The molecule has 0 saturated carbocycles. The van der Waals surface area contributed by atoms with E-state index in [-0.39, 0.29) is 18.9 Å². The first-order chi connectivity index (χ1) is 36.1. The van der Waals surface area contributed by atoms with Crippen molar-refractivity contribution in [2.75, 3.05) is 19.8 Å². The number of carbonyl (C=O) groups excluding carboxylic acids is 1. The number of ether oxygens (including phenoxy) is 4. The van der Waals surface area contributed by atoms with Gasteiger partial charge in [0.05, 0.1) is 32.0 Å². The zero-order chi connectivity index (χ0) is 53.9. The molecule has 0 aromatic heterocycles. The van der Waals surface area contributed by atoms with E-state index in [1.54, 1.807) is 6.08 Å². The van der Waals surface area contributed by atoms with Gasteiger partial charge < -0.3 is 65.1 Å². The van der Waals surface area contributed by atoms with Crippen LogP contribution < -0.4 is 5.32 Å². The largest absolute Gasteiger partial charge is 0.394 e. The highest BCUT2D eigenvalue weighted by molar-refractivity contribution is 5.76. The minimum absolute atomic E-state index is 0.255. The highest BCUT2D eigenvalue weighted by Crippen LogP contribution is 2.30. The fourth-order valence-corrected chi connectivity index (χ4v) is 9.91. The van der Waals surface area contributed by atoms with Crippen molar-refractivity contribution in [3.8, 4) is 0 Å². The van der Waals surface area contributed by atoms with E-state index in [1.165, 1.54) is 167 Å². The lowest BCUT2D eigenvalue weighted by molar-refractivity contribution is -0.359. The summed E-state index contributed by atoms with van der Waals surface area (Å²) >= 11 is 0. The lowest BCUT2D eigenvalue weighted by atomic mass is 9.97. The monoisotopic (exact) mass is 1050 g/mol. The summed E-state index contributed by atoms with van der Waals surface area (Å²) in [5.41, 5.74) is 0. The third kappa shape index (κ3) is 31.6. The molecule has 1 amide bonds. The van der Waals surface area contributed by atoms with E-state index < -0.39 is 86.8 Å². The molecule has 0 aliphatic carbocycles. The molecule has 0 bridgehead atoms. The smallest absolute Gasteiger partial charge is 0.220 e. The van der Waals surface area contributed by atoms with Gasteiger partial charge in [0.1, 0.15) is 48.8 Å². The van der Waals surface area contributed by atoms with E-state index in [0.717, 1.165) is 44.9 Å². The van der Waals surface area contributed by atoms with Gasteiger partial charge in [-0.25, -0.2) is 0 Å². The molecule has 9 N–H and O–H groups in total. The number of aliphatic hydroxyl groups is 8. The van der Waals surface area contributed by atoms with Crippen LogP contribution in [-0.4, -0.2) is 140 Å². The predicted molar refractivity (Wildman–Crippen MR) is 295 cm³/mol. The Morgan fingerprint density at radius 2 is 0.865 bits per heavy atom. The molecule has 2 aliphatic rings. The number of nitrogens with one attached hydrogen (secondary N) is 1. The van der Waals surface area contributed by atoms with Crippen LogP contribution >= 0.6 is 0 Å². The van der Waals surface area contributed by atoms with Gasteiger partial charge >= 0.3 is 0 Å². The van der Waals surface area contributed by atoms with Crippen LogP contribution in [0.4, 0.5) is 0 Å². The highest BCUT2D eigenvalue weighted by atomic mass is 16.7. The average Bonchev–Trinajstić information content (AvgIpc) is 3.40. The maximum atomic E-state index is 13.2. The predicted octanol–water partition coefficient (Wildman–Crippen LogP) is 10.2. The Morgan fingerprint density at radius 1 is 0.473 bits per heavy atom. The summed E-state index contributed by atoms with van der Waals surface area (Å²) in [5.74, 6) is -0.255. The third-order valence-corrected chi connectivity index (χ3v) is 14.8. The Kier molecular flexibility index (Phi) is 42.6. The van der Waals surface area contributed by atoms with Crippen molar-refractivity contribution in [3.05, 3.63) is 36.5 Å². The number of aliphatic hydroxyl groups excluding tert-OH is 8. The summed E-state index contributed by atoms with van der Waals surface area (Å²) < 4.78 is 22.7. The molecule has 74 heavy (non-hydrogen) atoms. The first-order valence-corrected chi connectivity index (χ1v) is 30.2. The lowest BCUT2D eigenvalue weighted by Crippen LogP contribution is -2.65. The van der Waals surface area contributed by atoms with Gasteiger partial charge in [-0.2, -0.15) is 0 Å². The third-order valence-electron chi connectivity index (χ3n) is 14.8. The summed E-state index contributed by atoms with van der Waals surface area (Å²) in [7, 11) is 0. The molecular weight excluding hydrogens is 943 g/mol. The van der Waals surface area contributed by atoms with Crippen molar-refractivity contribution in [1.82, 2.24) is 5.32 Å². The van der Waals surface area contributed by atoms with Gasteiger partial charge in [0.15, 0.2) is 12.6 Å². The molecule has 14 heteroatoms. The molecule has 434 valence electrons. The van der Waals surface area contributed by atoms with Crippen molar-refractivity contribution in [2.24, 2.45) is 0 Å². The molecule has 0 radical (unpaired) electrons. The Balaban J connectivity index is 1.70. The molecule has 14 nitrogen and oxygen atoms in total. The molecule has 2 saturated heterocycles. The molecule has 2 heterocycles. The molecule has 12 unspecified atom stereocenters. The minimum atomic E-state index is -1.79. The molecule has 0 spiro atoms. The first-order valence-electron chi connectivity index (χ1n) is 30.2. The number of amides is 1. The molecule has 2 aliphatic heterocycles. The van der Waals surface area contributed by atoms with Gasteiger partial charge in [0, 0.05) is 6.42 Å². The fraction of sp³-hybridized carbons (Fsp3) is 0.883. The fourth-order valence-electron chi connectivity index (χ4n) is 9.91.